The molecule has 0 spiro atoms. The van der Waals surface area contributed by atoms with Gasteiger partial charge in [0, 0.05) is 43.6 Å². The molecule has 0 aliphatic carbocycles. The number of aromatic nitrogens is 2. The molecule has 3 aromatic rings. The van der Waals surface area contributed by atoms with Gasteiger partial charge >= 0.3 is 0 Å². The number of nitrogens with zero attached hydrogens (tertiary/aromatic N) is 2. The molecule has 4 rings (SSSR count). The topological polar surface area (TPSA) is 65.4 Å². The Morgan fingerprint density at radius 2 is 2.00 bits per heavy atom. The molecule has 6 heteroatoms. The molecule has 0 saturated carbocycles. The fourth-order valence-electron chi connectivity index (χ4n) is 3.35. The van der Waals surface area contributed by atoms with Crippen molar-refractivity contribution in [1.82, 2.24) is 15.0 Å². The van der Waals surface area contributed by atoms with Gasteiger partial charge in [-0.05, 0) is 30.0 Å². The molecule has 2 aromatic carbocycles. The van der Waals surface area contributed by atoms with Crippen LogP contribution < -0.4 is 5.48 Å². The number of rotatable bonds is 7. The number of hydrogen-bond acceptors (Lipinski definition) is 4. The van der Waals surface area contributed by atoms with E-state index in [9.17, 15) is 4.79 Å². The Labute approximate surface area is 176 Å². The first-order valence-corrected chi connectivity index (χ1v) is 10.2. The van der Waals surface area contributed by atoms with Crippen molar-refractivity contribution in [3.8, 4) is 11.4 Å². The number of benzene rings is 2. The third-order valence-electron chi connectivity index (χ3n) is 4.94. The Hall–Kier alpha value is -3.22. The predicted octanol–water partition coefficient (Wildman–Crippen LogP) is 4.19. The molecule has 0 bridgehead atoms. The lowest BCUT2D eigenvalue weighted by atomic mass is 10.1. The summed E-state index contributed by atoms with van der Waals surface area (Å²) in [5.41, 5.74) is 5.61. The van der Waals surface area contributed by atoms with Crippen molar-refractivity contribution < 1.29 is 14.4 Å². The Kier molecular flexibility index (Phi) is 6.69. The van der Waals surface area contributed by atoms with Crippen LogP contribution in [0, 0.1) is 0 Å². The highest BCUT2D eigenvalue weighted by atomic mass is 16.8. The van der Waals surface area contributed by atoms with Gasteiger partial charge in [0.15, 0.2) is 6.29 Å². The van der Waals surface area contributed by atoms with Crippen LogP contribution in [0.25, 0.3) is 17.5 Å². The number of amides is 1. The van der Waals surface area contributed by atoms with Crippen molar-refractivity contribution in [1.29, 1.82) is 0 Å². The van der Waals surface area contributed by atoms with E-state index < -0.39 is 0 Å². The first kappa shape index (κ1) is 20.1. The molecule has 1 fully saturated rings. The third kappa shape index (κ3) is 5.43. The maximum Gasteiger partial charge on any atom is 0.267 e. The van der Waals surface area contributed by atoms with Crippen LogP contribution in [-0.2, 0) is 20.9 Å². The van der Waals surface area contributed by atoms with Gasteiger partial charge in [0.1, 0.15) is 5.82 Å². The molecule has 2 heterocycles. The van der Waals surface area contributed by atoms with Gasteiger partial charge in [-0.25, -0.2) is 15.3 Å². The molecule has 154 valence electrons. The summed E-state index contributed by atoms with van der Waals surface area (Å²) in [4.78, 5) is 21.7. The van der Waals surface area contributed by atoms with Crippen LogP contribution >= 0.6 is 0 Å². The number of carbonyl (C=O) groups is 1. The van der Waals surface area contributed by atoms with Gasteiger partial charge in [-0.3, -0.25) is 4.79 Å². The van der Waals surface area contributed by atoms with Gasteiger partial charge in [-0.2, -0.15) is 0 Å². The monoisotopic (exact) mass is 403 g/mol. The van der Waals surface area contributed by atoms with E-state index in [4.69, 9.17) is 9.57 Å². The van der Waals surface area contributed by atoms with Crippen LogP contribution in [0.2, 0.25) is 0 Å². The van der Waals surface area contributed by atoms with Gasteiger partial charge < -0.3 is 9.30 Å². The smallest absolute Gasteiger partial charge is 0.267 e. The average molecular weight is 403 g/mol. The van der Waals surface area contributed by atoms with Crippen molar-refractivity contribution in [2.24, 2.45) is 0 Å². The summed E-state index contributed by atoms with van der Waals surface area (Å²) in [5.74, 6) is 0.636. The van der Waals surface area contributed by atoms with Gasteiger partial charge in [0.05, 0.1) is 0 Å². The normalized spacial score (nSPS) is 16.6. The van der Waals surface area contributed by atoms with Crippen molar-refractivity contribution in [2.45, 2.75) is 32.1 Å². The zero-order valence-electron chi connectivity index (χ0n) is 16.7. The Balaban J connectivity index is 1.32. The summed E-state index contributed by atoms with van der Waals surface area (Å²) in [7, 11) is 0. The van der Waals surface area contributed by atoms with E-state index in [-0.39, 0.29) is 12.2 Å². The molecule has 6 nitrogen and oxygen atoms in total. The summed E-state index contributed by atoms with van der Waals surface area (Å²) >= 11 is 0. The summed E-state index contributed by atoms with van der Waals surface area (Å²) < 4.78 is 7.54. The fourth-order valence-corrected chi connectivity index (χ4v) is 3.35. The average Bonchev–Trinajstić information content (AvgIpc) is 3.26. The van der Waals surface area contributed by atoms with E-state index in [0.717, 1.165) is 48.3 Å². The molecule has 1 amide bonds. The minimum absolute atomic E-state index is 0.306. The summed E-state index contributed by atoms with van der Waals surface area (Å²) in [5, 5.41) is 0. The predicted molar refractivity (Wildman–Crippen MR) is 115 cm³/mol. The highest BCUT2D eigenvalue weighted by Crippen LogP contribution is 2.18. The molecular weight excluding hydrogens is 378 g/mol. The van der Waals surface area contributed by atoms with Crippen LogP contribution in [0.1, 0.15) is 30.4 Å². The minimum Gasteiger partial charge on any atom is -0.350 e. The molecule has 1 unspecified atom stereocenters. The molecule has 30 heavy (non-hydrogen) atoms. The fraction of sp³-hybridized carbons (Fsp3) is 0.250. The van der Waals surface area contributed by atoms with E-state index in [0.29, 0.717) is 6.61 Å². The lowest BCUT2D eigenvalue weighted by Gasteiger charge is -2.21. The second-order valence-corrected chi connectivity index (χ2v) is 7.20. The number of imidazole rings is 1. The minimum atomic E-state index is -0.348. The highest BCUT2D eigenvalue weighted by molar-refractivity contribution is 5.90. The lowest BCUT2D eigenvalue weighted by molar-refractivity contribution is -0.198. The van der Waals surface area contributed by atoms with Crippen molar-refractivity contribution >= 4 is 12.0 Å². The Bertz CT molecular complexity index is 974. The van der Waals surface area contributed by atoms with Gasteiger partial charge in [-0.15, -0.1) is 0 Å². The molecule has 1 aromatic heterocycles. The number of hydroxylamine groups is 1. The third-order valence-corrected chi connectivity index (χ3v) is 4.94. The molecule has 0 radical (unpaired) electrons. The van der Waals surface area contributed by atoms with Crippen molar-refractivity contribution in [3.05, 3.63) is 84.2 Å². The second kappa shape index (κ2) is 10.0. The molecule has 1 saturated heterocycles. The largest absolute Gasteiger partial charge is 0.350 e. The van der Waals surface area contributed by atoms with Crippen LogP contribution in [0.3, 0.4) is 0 Å². The number of nitrogens with one attached hydrogen (secondary N) is 1. The maximum atomic E-state index is 11.9. The highest BCUT2D eigenvalue weighted by Gasteiger charge is 2.14. The standard InChI is InChI=1S/C24H25N3O3/c28-22(26-30-23-8-4-5-17-29-23)14-13-19-9-11-20(12-10-19)18-27-16-15-25-24(27)21-6-2-1-3-7-21/h1-3,6-7,9-16,23H,4-5,8,17-18H2,(H,26,28). The van der Waals surface area contributed by atoms with E-state index >= 15 is 0 Å². The number of ether oxygens (including phenoxy) is 1. The quantitative estimate of drug-likeness (QED) is 0.475. The number of carbonyl (C=O) groups excluding carboxylic acids is 1. The van der Waals surface area contributed by atoms with E-state index in [2.05, 4.69) is 39.3 Å². The van der Waals surface area contributed by atoms with Gasteiger partial charge in [-0.1, -0.05) is 54.6 Å². The lowest BCUT2D eigenvalue weighted by Crippen LogP contribution is -2.32. The van der Waals surface area contributed by atoms with E-state index in [1.807, 2.05) is 42.7 Å². The van der Waals surface area contributed by atoms with Gasteiger partial charge in [0.2, 0.25) is 0 Å². The summed E-state index contributed by atoms with van der Waals surface area (Å²) in [6, 6.07) is 18.2. The molecule has 1 N–H and O–H groups in total. The number of hydrogen-bond donors (Lipinski definition) is 1. The first-order valence-electron chi connectivity index (χ1n) is 10.2. The second-order valence-electron chi connectivity index (χ2n) is 7.20. The van der Waals surface area contributed by atoms with Crippen LogP contribution in [0.4, 0.5) is 0 Å². The molecule has 1 atom stereocenters. The zero-order chi connectivity index (χ0) is 20.6. The van der Waals surface area contributed by atoms with E-state index in [1.165, 1.54) is 6.08 Å². The molecule has 1 aliphatic heterocycles. The van der Waals surface area contributed by atoms with Crippen molar-refractivity contribution in [3.63, 3.8) is 0 Å². The molecule has 1 aliphatic rings. The zero-order valence-corrected chi connectivity index (χ0v) is 16.7. The van der Waals surface area contributed by atoms with Crippen LogP contribution in [0.5, 0.6) is 0 Å². The van der Waals surface area contributed by atoms with E-state index in [1.54, 1.807) is 6.08 Å². The Morgan fingerprint density at radius 3 is 2.77 bits per heavy atom. The molecular formula is C24H25N3O3. The van der Waals surface area contributed by atoms with Gasteiger partial charge in [0.25, 0.3) is 5.91 Å². The van der Waals surface area contributed by atoms with Crippen LogP contribution in [0.15, 0.2) is 73.1 Å². The SMILES string of the molecule is O=C(C=Cc1ccc(Cn2ccnc2-c2ccccc2)cc1)NOC1CCCCO1. The van der Waals surface area contributed by atoms with Crippen molar-refractivity contribution in [2.75, 3.05) is 6.61 Å². The Morgan fingerprint density at radius 1 is 1.17 bits per heavy atom. The summed E-state index contributed by atoms with van der Waals surface area (Å²) in [6.07, 6.45) is 9.56. The van der Waals surface area contributed by atoms with Crippen LogP contribution in [-0.4, -0.2) is 28.4 Å². The summed E-state index contributed by atoms with van der Waals surface area (Å²) in [6.45, 7) is 1.40. The maximum absolute atomic E-state index is 11.9. The first-order chi connectivity index (χ1) is 14.8.